The second kappa shape index (κ2) is 14.8. The minimum atomic E-state index is -4.53. The molecule has 0 saturated carbocycles. The minimum Gasteiger partial charge on any atom is -0.656 e. The SMILES string of the molecule is CCC(CC)C(=O)/C=C(\O)C(CC)CC.FC(F)(F)c1c2ccccc2cc2c(-c3cc4ccccc4[n-]3)ncnc12.[Ir]. The molecular formula is C34H35F3IrN3O2-. The van der Waals surface area contributed by atoms with Crippen LogP contribution < -0.4 is 4.98 Å². The number of allylic oxidation sites excluding steroid dienone is 2. The maximum atomic E-state index is 13.9. The van der Waals surface area contributed by atoms with E-state index in [-0.39, 0.29) is 54.4 Å². The molecule has 5 nitrogen and oxygen atoms in total. The molecule has 0 spiro atoms. The molecule has 0 saturated heterocycles. The van der Waals surface area contributed by atoms with Gasteiger partial charge in [0, 0.05) is 43.4 Å². The van der Waals surface area contributed by atoms with Crippen molar-refractivity contribution in [1.29, 1.82) is 0 Å². The molecule has 1 radical (unpaired) electrons. The van der Waals surface area contributed by atoms with E-state index in [4.69, 9.17) is 0 Å². The summed E-state index contributed by atoms with van der Waals surface area (Å²) in [5.74, 6) is 0.547. The number of nitrogens with zero attached hydrogens (tertiary/aromatic N) is 3. The van der Waals surface area contributed by atoms with Crippen molar-refractivity contribution >= 4 is 38.4 Å². The number of rotatable bonds is 8. The molecule has 0 aliphatic rings. The van der Waals surface area contributed by atoms with Gasteiger partial charge in [0.25, 0.3) is 0 Å². The van der Waals surface area contributed by atoms with Gasteiger partial charge in [0.2, 0.25) is 0 Å². The molecule has 0 unspecified atom stereocenters. The van der Waals surface area contributed by atoms with Crippen LogP contribution in [0.3, 0.4) is 0 Å². The van der Waals surface area contributed by atoms with Crippen molar-refractivity contribution in [3.8, 4) is 11.4 Å². The monoisotopic (exact) mass is 767 g/mol. The first kappa shape index (κ1) is 33.9. The van der Waals surface area contributed by atoms with E-state index >= 15 is 0 Å². The van der Waals surface area contributed by atoms with E-state index in [1.165, 1.54) is 18.5 Å². The summed E-state index contributed by atoms with van der Waals surface area (Å²) in [4.78, 5) is 24.5. The number of carbonyl (C=O) groups is 1. The summed E-state index contributed by atoms with van der Waals surface area (Å²) < 4.78 is 41.6. The van der Waals surface area contributed by atoms with Crippen molar-refractivity contribution in [2.24, 2.45) is 11.8 Å². The number of carbonyl (C=O) groups excluding carboxylic acids is 1. The van der Waals surface area contributed by atoms with E-state index in [9.17, 15) is 23.1 Å². The van der Waals surface area contributed by atoms with Crippen molar-refractivity contribution in [3.05, 3.63) is 84.4 Å². The maximum absolute atomic E-state index is 13.9. The molecule has 0 aliphatic heterocycles. The zero-order valence-corrected chi connectivity index (χ0v) is 27.0. The Hall–Kier alpha value is -3.55. The standard InChI is InChI=1S/C21H11F3N3.C13H24O2.Ir/c22-21(23,24)18-14-7-3-1-5-12(14)9-15-19(25-11-26-20(15)18)17-10-13-6-2-4-8-16(13)27-17;1-5-10(6-2)12(14)9-13(15)11(7-3)8-4;/h1-11H;9-11,14H,5-8H2,1-4H3;/q-1;;/b;12-9-;. The van der Waals surface area contributed by atoms with Gasteiger partial charge in [-0.15, -0.1) is 11.2 Å². The van der Waals surface area contributed by atoms with Crippen LogP contribution in [0.2, 0.25) is 0 Å². The molecule has 0 atom stereocenters. The number of para-hydroxylation sites is 1. The summed E-state index contributed by atoms with van der Waals surface area (Å²) in [5, 5.41) is 11.6. The van der Waals surface area contributed by atoms with Gasteiger partial charge in [-0.3, -0.25) is 4.79 Å². The third kappa shape index (κ3) is 7.51. The van der Waals surface area contributed by atoms with E-state index in [0.29, 0.717) is 22.2 Å². The number of hydrogen-bond donors (Lipinski definition) is 1. The smallest absolute Gasteiger partial charge is 0.419 e. The number of aliphatic hydroxyl groups is 1. The van der Waals surface area contributed by atoms with E-state index in [1.807, 2.05) is 58.0 Å². The third-order valence-corrected chi connectivity index (χ3v) is 7.73. The van der Waals surface area contributed by atoms with Crippen molar-refractivity contribution in [2.45, 2.75) is 59.6 Å². The normalized spacial score (nSPS) is 12.1. The quantitative estimate of drug-likeness (QED) is 0.0968. The third-order valence-electron chi connectivity index (χ3n) is 7.73. The van der Waals surface area contributed by atoms with Gasteiger partial charge in [0.05, 0.1) is 22.5 Å². The topological polar surface area (TPSA) is 77.2 Å². The van der Waals surface area contributed by atoms with Crippen molar-refractivity contribution in [3.63, 3.8) is 0 Å². The zero-order valence-electron chi connectivity index (χ0n) is 24.6. The molecule has 3 aromatic carbocycles. The van der Waals surface area contributed by atoms with Gasteiger partial charge in [0.15, 0.2) is 5.78 Å². The molecule has 0 bridgehead atoms. The van der Waals surface area contributed by atoms with Crippen LogP contribution in [-0.4, -0.2) is 20.9 Å². The van der Waals surface area contributed by atoms with Crippen LogP contribution in [0.1, 0.15) is 58.9 Å². The van der Waals surface area contributed by atoms with Gasteiger partial charge in [-0.05, 0) is 47.9 Å². The predicted octanol–water partition coefficient (Wildman–Crippen LogP) is 9.45. The number of hydrogen-bond acceptors (Lipinski definition) is 4. The summed E-state index contributed by atoms with van der Waals surface area (Å²) in [6.45, 7) is 8.07. The van der Waals surface area contributed by atoms with Crippen molar-refractivity contribution in [1.82, 2.24) is 15.0 Å². The Morgan fingerprint density at radius 2 is 1.47 bits per heavy atom. The fraction of sp³-hybridized carbons (Fsp3) is 0.324. The number of benzene rings is 3. The number of halogens is 3. The first-order valence-electron chi connectivity index (χ1n) is 14.3. The number of ketones is 1. The van der Waals surface area contributed by atoms with Gasteiger partial charge in [-0.25, -0.2) is 9.97 Å². The van der Waals surface area contributed by atoms with Gasteiger partial charge in [-0.1, -0.05) is 82.3 Å². The number of aliphatic hydroxyl groups excluding tert-OH is 1. The van der Waals surface area contributed by atoms with Crippen LogP contribution in [0.5, 0.6) is 0 Å². The van der Waals surface area contributed by atoms with E-state index in [1.54, 1.807) is 24.3 Å². The fourth-order valence-corrected chi connectivity index (χ4v) is 5.28. The van der Waals surface area contributed by atoms with Crippen LogP contribution in [0.4, 0.5) is 13.2 Å². The van der Waals surface area contributed by atoms with E-state index < -0.39 is 11.7 Å². The maximum Gasteiger partial charge on any atom is 0.419 e. The van der Waals surface area contributed by atoms with Crippen LogP contribution in [0, 0.1) is 11.8 Å². The average molecular weight is 767 g/mol. The van der Waals surface area contributed by atoms with Crippen LogP contribution >= 0.6 is 0 Å². The van der Waals surface area contributed by atoms with Gasteiger partial charge < -0.3 is 10.1 Å². The molecule has 5 aromatic rings. The number of fused-ring (bicyclic) bond motifs is 3. The van der Waals surface area contributed by atoms with Crippen LogP contribution in [0.25, 0.3) is 44.0 Å². The molecule has 0 aliphatic carbocycles. The largest absolute Gasteiger partial charge is 0.656 e. The second-order valence-corrected chi connectivity index (χ2v) is 10.3. The Balaban J connectivity index is 0.000000274. The minimum absolute atomic E-state index is 0. The molecule has 0 amide bonds. The Bertz CT molecular complexity index is 1690. The Morgan fingerprint density at radius 1 is 0.860 bits per heavy atom. The average Bonchev–Trinajstić information content (AvgIpc) is 3.41. The molecule has 2 aromatic heterocycles. The summed E-state index contributed by atoms with van der Waals surface area (Å²) in [6.07, 6.45) is 1.54. The first-order valence-corrected chi connectivity index (χ1v) is 14.3. The zero-order chi connectivity index (χ0) is 30.4. The van der Waals surface area contributed by atoms with Crippen LogP contribution in [-0.2, 0) is 31.1 Å². The van der Waals surface area contributed by atoms with Gasteiger partial charge >= 0.3 is 6.18 Å². The Kier molecular flexibility index (Phi) is 11.6. The van der Waals surface area contributed by atoms with Gasteiger partial charge in [-0.2, -0.15) is 13.2 Å². The van der Waals surface area contributed by atoms with Crippen molar-refractivity contribution in [2.75, 3.05) is 0 Å². The summed E-state index contributed by atoms with van der Waals surface area (Å²) in [6, 6.07) is 17.5. The number of aromatic nitrogens is 3. The number of alkyl halides is 3. The summed E-state index contributed by atoms with van der Waals surface area (Å²) >= 11 is 0. The van der Waals surface area contributed by atoms with Gasteiger partial charge in [0.1, 0.15) is 6.33 Å². The van der Waals surface area contributed by atoms with E-state index in [0.717, 1.165) is 36.6 Å². The molecule has 0 fully saturated rings. The molecule has 43 heavy (non-hydrogen) atoms. The Morgan fingerprint density at radius 3 is 2.07 bits per heavy atom. The molecule has 229 valence electrons. The predicted molar refractivity (Wildman–Crippen MR) is 162 cm³/mol. The summed E-state index contributed by atoms with van der Waals surface area (Å²) in [5.41, 5.74) is 0.851. The van der Waals surface area contributed by atoms with Crippen molar-refractivity contribution < 1.29 is 43.2 Å². The first-order chi connectivity index (χ1) is 20.1. The second-order valence-electron chi connectivity index (χ2n) is 10.3. The molecular weight excluding hydrogens is 732 g/mol. The molecule has 9 heteroatoms. The van der Waals surface area contributed by atoms with E-state index in [2.05, 4.69) is 15.0 Å². The molecule has 1 N–H and O–H groups in total. The molecule has 5 rings (SSSR count). The summed E-state index contributed by atoms with van der Waals surface area (Å²) in [7, 11) is 0. The fourth-order valence-electron chi connectivity index (χ4n) is 5.28. The Labute approximate surface area is 263 Å². The molecule has 2 heterocycles. The van der Waals surface area contributed by atoms with Crippen LogP contribution in [0.15, 0.2) is 78.8 Å².